The van der Waals surface area contributed by atoms with Gasteiger partial charge in [0.15, 0.2) is 11.5 Å². The molecule has 0 spiro atoms. The molecule has 0 saturated carbocycles. The summed E-state index contributed by atoms with van der Waals surface area (Å²) in [6.45, 7) is 2.54. The van der Waals surface area contributed by atoms with Crippen LogP contribution in [0.15, 0.2) is 12.1 Å². The molecule has 0 radical (unpaired) electrons. The van der Waals surface area contributed by atoms with Gasteiger partial charge < -0.3 is 25.2 Å². The highest BCUT2D eigenvalue weighted by Crippen LogP contribution is 2.33. The van der Waals surface area contributed by atoms with Gasteiger partial charge in [0.05, 0.1) is 25.4 Å². The number of likely N-dealkylation sites (tertiary alicyclic amines) is 1. The van der Waals surface area contributed by atoms with Crippen LogP contribution >= 0.6 is 0 Å². The number of hydrogen-bond acceptors (Lipinski definition) is 5. The van der Waals surface area contributed by atoms with Crippen molar-refractivity contribution in [1.82, 2.24) is 4.90 Å². The molecule has 2 rings (SSSR count). The number of carbonyl (C=O) groups excluding carboxylic acids is 1. The molecule has 0 aliphatic carbocycles. The molecule has 1 aliphatic rings. The first-order valence-electron chi connectivity index (χ1n) is 6.41. The molecule has 1 amide bonds. The molecule has 110 valence electrons. The Balaban J connectivity index is 2.31. The summed E-state index contributed by atoms with van der Waals surface area (Å²) in [5.41, 5.74) is 5.77. The molecule has 1 aliphatic heterocycles. The summed E-state index contributed by atoms with van der Waals surface area (Å²) in [7, 11) is 3.01. The SMILES string of the molecule is COc1cc(N)c(C(=O)N2CCC(C)(O)C2)cc1OC. The number of ether oxygens (including phenoxy) is 2. The van der Waals surface area contributed by atoms with Crippen LogP contribution in [-0.4, -0.2) is 48.8 Å². The lowest BCUT2D eigenvalue weighted by molar-refractivity contribution is 0.0572. The number of β-amino-alcohol motifs (C(OH)–C–C–N with tert-alkyl or cyclic N) is 1. The van der Waals surface area contributed by atoms with E-state index in [1.165, 1.54) is 14.2 Å². The van der Waals surface area contributed by atoms with Crippen LogP contribution in [-0.2, 0) is 0 Å². The minimum Gasteiger partial charge on any atom is -0.493 e. The third kappa shape index (κ3) is 2.65. The predicted octanol–water partition coefficient (Wildman–Crippen LogP) is 0.883. The predicted molar refractivity (Wildman–Crippen MR) is 75.1 cm³/mol. The molecule has 0 bridgehead atoms. The van der Waals surface area contributed by atoms with Gasteiger partial charge in [-0.3, -0.25) is 4.79 Å². The van der Waals surface area contributed by atoms with Crippen molar-refractivity contribution in [2.45, 2.75) is 18.9 Å². The first-order valence-corrected chi connectivity index (χ1v) is 6.41. The molecule has 1 aromatic rings. The molecule has 1 saturated heterocycles. The van der Waals surface area contributed by atoms with Gasteiger partial charge in [0.25, 0.3) is 5.91 Å². The van der Waals surface area contributed by atoms with Crippen molar-refractivity contribution < 1.29 is 19.4 Å². The summed E-state index contributed by atoms with van der Waals surface area (Å²) in [6, 6.07) is 3.14. The number of hydrogen-bond donors (Lipinski definition) is 2. The van der Waals surface area contributed by atoms with Gasteiger partial charge in [-0.15, -0.1) is 0 Å². The standard InChI is InChI=1S/C14H20N2O4/c1-14(18)4-5-16(8-14)13(17)9-6-11(19-2)12(20-3)7-10(9)15/h6-7,18H,4-5,8,15H2,1-3H3. The molecule has 1 heterocycles. The van der Waals surface area contributed by atoms with Gasteiger partial charge in [0.1, 0.15) is 0 Å². The third-order valence-electron chi connectivity index (χ3n) is 3.53. The Hall–Kier alpha value is -1.95. The minimum atomic E-state index is -0.832. The van der Waals surface area contributed by atoms with Crippen LogP contribution in [0.25, 0.3) is 0 Å². The second-order valence-corrected chi connectivity index (χ2v) is 5.27. The molecule has 0 aromatic heterocycles. The number of carbonyl (C=O) groups is 1. The average Bonchev–Trinajstić information content (AvgIpc) is 2.78. The zero-order chi connectivity index (χ0) is 14.9. The summed E-state index contributed by atoms with van der Waals surface area (Å²) >= 11 is 0. The highest BCUT2D eigenvalue weighted by Gasteiger charge is 2.35. The van der Waals surface area contributed by atoms with E-state index in [2.05, 4.69) is 0 Å². The van der Waals surface area contributed by atoms with Crippen LogP contribution in [0.3, 0.4) is 0 Å². The molecule has 6 heteroatoms. The maximum Gasteiger partial charge on any atom is 0.256 e. The van der Waals surface area contributed by atoms with E-state index < -0.39 is 5.60 Å². The quantitative estimate of drug-likeness (QED) is 0.803. The minimum absolute atomic E-state index is 0.207. The molecule has 3 N–H and O–H groups in total. The topological polar surface area (TPSA) is 85.0 Å². The van der Waals surface area contributed by atoms with Crippen molar-refractivity contribution in [2.24, 2.45) is 0 Å². The van der Waals surface area contributed by atoms with E-state index in [0.29, 0.717) is 42.3 Å². The smallest absolute Gasteiger partial charge is 0.256 e. The summed E-state index contributed by atoms with van der Waals surface area (Å²) in [4.78, 5) is 14.1. The molecule has 1 aromatic carbocycles. The van der Waals surface area contributed by atoms with E-state index >= 15 is 0 Å². The van der Waals surface area contributed by atoms with E-state index in [0.717, 1.165) is 0 Å². The van der Waals surface area contributed by atoms with E-state index in [9.17, 15) is 9.90 Å². The number of nitrogens with two attached hydrogens (primary N) is 1. The molecule has 1 fully saturated rings. The van der Waals surface area contributed by atoms with Gasteiger partial charge in [-0.1, -0.05) is 0 Å². The highest BCUT2D eigenvalue weighted by atomic mass is 16.5. The van der Waals surface area contributed by atoms with Crippen molar-refractivity contribution >= 4 is 11.6 Å². The van der Waals surface area contributed by atoms with Gasteiger partial charge in [-0.05, 0) is 19.4 Å². The highest BCUT2D eigenvalue weighted by molar-refractivity contribution is 6.00. The number of amides is 1. The number of aliphatic hydroxyl groups is 1. The Kier molecular flexibility index (Phi) is 3.76. The number of nitrogens with zero attached hydrogens (tertiary/aromatic N) is 1. The Labute approximate surface area is 118 Å². The first-order chi connectivity index (χ1) is 9.38. The number of benzene rings is 1. The Morgan fingerprint density at radius 3 is 2.45 bits per heavy atom. The molecular weight excluding hydrogens is 260 g/mol. The zero-order valence-corrected chi connectivity index (χ0v) is 12.0. The van der Waals surface area contributed by atoms with Gasteiger partial charge in [0, 0.05) is 24.8 Å². The Morgan fingerprint density at radius 1 is 1.35 bits per heavy atom. The summed E-state index contributed by atoms with van der Waals surface area (Å²) in [5.74, 6) is 0.729. The van der Waals surface area contributed by atoms with Crippen molar-refractivity contribution in [3.8, 4) is 11.5 Å². The van der Waals surface area contributed by atoms with E-state index in [1.807, 2.05) is 0 Å². The second-order valence-electron chi connectivity index (χ2n) is 5.27. The van der Waals surface area contributed by atoms with E-state index in [1.54, 1.807) is 24.0 Å². The van der Waals surface area contributed by atoms with Crippen LogP contribution < -0.4 is 15.2 Å². The van der Waals surface area contributed by atoms with Crippen molar-refractivity contribution in [3.05, 3.63) is 17.7 Å². The van der Waals surface area contributed by atoms with Crippen LogP contribution in [0.5, 0.6) is 11.5 Å². The lowest BCUT2D eigenvalue weighted by Crippen LogP contribution is -2.34. The lowest BCUT2D eigenvalue weighted by Gasteiger charge is -2.20. The van der Waals surface area contributed by atoms with Crippen LogP contribution in [0.2, 0.25) is 0 Å². The molecule has 1 unspecified atom stereocenters. The Bertz CT molecular complexity index is 528. The molecule has 6 nitrogen and oxygen atoms in total. The fourth-order valence-corrected chi connectivity index (χ4v) is 2.37. The monoisotopic (exact) mass is 280 g/mol. The molecular formula is C14H20N2O4. The number of rotatable bonds is 3. The van der Waals surface area contributed by atoms with Gasteiger partial charge in [-0.2, -0.15) is 0 Å². The van der Waals surface area contributed by atoms with Crippen LogP contribution in [0.4, 0.5) is 5.69 Å². The fourth-order valence-electron chi connectivity index (χ4n) is 2.37. The molecule has 20 heavy (non-hydrogen) atoms. The number of methoxy groups -OCH3 is 2. The number of anilines is 1. The Morgan fingerprint density at radius 2 is 1.95 bits per heavy atom. The largest absolute Gasteiger partial charge is 0.493 e. The maximum absolute atomic E-state index is 12.5. The van der Waals surface area contributed by atoms with Crippen LogP contribution in [0, 0.1) is 0 Å². The van der Waals surface area contributed by atoms with Crippen molar-refractivity contribution in [3.63, 3.8) is 0 Å². The van der Waals surface area contributed by atoms with E-state index in [-0.39, 0.29) is 5.91 Å². The second kappa shape index (κ2) is 5.20. The molecule has 1 atom stereocenters. The number of nitrogen functional groups attached to an aromatic ring is 1. The summed E-state index contributed by atoms with van der Waals surface area (Å²) in [5, 5.41) is 9.94. The van der Waals surface area contributed by atoms with Crippen molar-refractivity contribution in [2.75, 3.05) is 33.0 Å². The fraction of sp³-hybridized carbons (Fsp3) is 0.500. The van der Waals surface area contributed by atoms with Gasteiger partial charge in [0.2, 0.25) is 0 Å². The van der Waals surface area contributed by atoms with Crippen LogP contribution in [0.1, 0.15) is 23.7 Å². The maximum atomic E-state index is 12.5. The summed E-state index contributed by atoms with van der Waals surface area (Å²) in [6.07, 6.45) is 0.561. The zero-order valence-electron chi connectivity index (χ0n) is 12.0. The van der Waals surface area contributed by atoms with Crippen molar-refractivity contribution in [1.29, 1.82) is 0 Å². The normalized spacial score (nSPS) is 21.9. The first kappa shape index (κ1) is 14.5. The lowest BCUT2D eigenvalue weighted by atomic mass is 10.1. The van der Waals surface area contributed by atoms with Gasteiger partial charge in [-0.25, -0.2) is 0 Å². The third-order valence-corrected chi connectivity index (χ3v) is 3.53. The van der Waals surface area contributed by atoms with E-state index in [4.69, 9.17) is 15.2 Å². The van der Waals surface area contributed by atoms with Gasteiger partial charge >= 0.3 is 0 Å². The average molecular weight is 280 g/mol. The summed E-state index contributed by atoms with van der Waals surface area (Å²) < 4.78 is 10.3.